The van der Waals surface area contributed by atoms with E-state index in [0.29, 0.717) is 5.82 Å². The molecule has 21 heavy (non-hydrogen) atoms. The largest absolute Gasteiger partial charge is 0.462 e. The van der Waals surface area contributed by atoms with Gasteiger partial charge in [-0.15, -0.1) is 10.2 Å². The molecule has 1 aromatic heterocycles. The van der Waals surface area contributed by atoms with E-state index in [-0.39, 0.29) is 28.5 Å². The molecule has 0 atom stereocenters. The van der Waals surface area contributed by atoms with Crippen LogP contribution in [0.25, 0.3) is 0 Å². The number of tetrazole rings is 1. The number of ether oxygens (including phenoxy) is 1. The van der Waals surface area contributed by atoms with Gasteiger partial charge in [0.15, 0.2) is 15.7 Å². The molecule has 112 valence electrons. The zero-order chi connectivity index (χ0) is 15.5. The molecule has 2 rings (SSSR count). The highest BCUT2D eigenvalue weighted by Gasteiger charge is 2.16. The van der Waals surface area contributed by atoms with Crippen LogP contribution in [0.4, 0.5) is 0 Å². The minimum Gasteiger partial charge on any atom is -0.462 e. The van der Waals surface area contributed by atoms with Gasteiger partial charge in [-0.05, 0) is 18.2 Å². The van der Waals surface area contributed by atoms with E-state index in [1.165, 1.54) is 18.2 Å². The first-order valence-corrected chi connectivity index (χ1v) is 8.04. The third-order valence-corrected chi connectivity index (χ3v) is 3.97. The molecule has 0 aliphatic carbocycles. The lowest BCUT2D eigenvalue weighted by Crippen LogP contribution is -2.10. The number of sulfone groups is 1. The van der Waals surface area contributed by atoms with Crippen LogP contribution in [-0.4, -0.2) is 47.9 Å². The van der Waals surface area contributed by atoms with E-state index in [9.17, 15) is 13.2 Å². The predicted molar refractivity (Wildman–Crippen MR) is 72.7 cm³/mol. The van der Waals surface area contributed by atoms with Gasteiger partial charge >= 0.3 is 5.97 Å². The van der Waals surface area contributed by atoms with Crippen molar-refractivity contribution in [1.29, 1.82) is 0 Å². The number of halogens is 1. The fraction of sp³-hybridized carbons (Fsp3) is 0.273. The van der Waals surface area contributed by atoms with Crippen LogP contribution < -0.4 is 0 Å². The molecule has 0 aliphatic heterocycles. The fourth-order valence-corrected chi connectivity index (χ4v) is 2.33. The number of rotatable bonds is 5. The van der Waals surface area contributed by atoms with Crippen molar-refractivity contribution in [1.82, 2.24) is 20.6 Å². The summed E-state index contributed by atoms with van der Waals surface area (Å²) in [6, 6.07) is 3.86. The number of aromatic nitrogens is 4. The Morgan fingerprint density at radius 3 is 2.81 bits per heavy atom. The Bertz CT molecular complexity index is 746. The van der Waals surface area contributed by atoms with Gasteiger partial charge in [-0.2, -0.15) is 5.21 Å². The molecule has 0 aliphatic rings. The molecule has 0 saturated heterocycles. The average molecular weight is 331 g/mol. The fourth-order valence-electron chi connectivity index (χ4n) is 1.49. The van der Waals surface area contributed by atoms with Crippen LogP contribution in [0.1, 0.15) is 16.2 Å². The monoisotopic (exact) mass is 330 g/mol. The summed E-state index contributed by atoms with van der Waals surface area (Å²) >= 11 is 5.88. The van der Waals surface area contributed by atoms with Crippen molar-refractivity contribution in [2.45, 2.75) is 11.3 Å². The zero-order valence-corrected chi connectivity index (χ0v) is 12.5. The molecule has 0 fully saturated rings. The third-order valence-electron chi connectivity index (χ3n) is 2.53. The van der Waals surface area contributed by atoms with Crippen molar-refractivity contribution in [2.24, 2.45) is 0 Å². The highest BCUT2D eigenvalue weighted by atomic mass is 35.5. The molecule has 0 unspecified atom stereocenters. The molecule has 0 amide bonds. The molecule has 0 bridgehead atoms. The van der Waals surface area contributed by atoms with Crippen LogP contribution in [0.3, 0.4) is 0 Å². The van der Waals surface area contributed by atoms with Crippen LogP contribution in [0.15, 0.2) is 23.1 Å². The maximum Gasteiger partial charge on any atom is 0.339 e. The van der Waals surface area contributed by atoms with E-state index in [1.54, 1.807) is 0 Å². The highest BCUT2D eigenvalue weighted by Crippen LogP contribution is 2.21. The predicted octanol–water partition coefficient (Wildman–Crippen LogP) is 0.656. The second kappa shape index (κ2) is 6.19. The molecular formula is C11H11ClN4O4S. The molecule has 2 aromatic rings. The van der Waals surface area contributed by atoms with Crippen LogP contribution in [0.2, 0.25) is 5.02 Å². The lowest BCUT2D eigenvalue weighted by Gasteiger charge is -2.07. The van der Waals surface area contributed by atoms with E-state index in [1.807, 2.05) is 0 Å². The van der Waals surface area contributed by atoms with Gasteiger partial charge < -0.3 is 4.74 Å². The van der Waals surface area contributed by atoms with Crippen molar-refractivity contribution >= 4 is 27.4 Å². The van der Waals surface area contributed by atoms with Crippen LogP contribution in [-0.2, 0) is 21.0 Å². The van der Waals surface area contributed by atoms with Gasteiger partial charge in [-0.25, -0.2) is 13.2 Å². The number of aromatic amines is 1. The van der Waals surface area contributed by atoms with E-state index in [2.05, 4.69) is 20.6 Å². The summed E-state index contributed by atoms with van der Waals surface area (Å²) in [7, 11) is -3.43. The van der Waals surface area contributed by atoms with E-state index >= 15 is 0 Å². The molecular weight excluding hydrogens is 320 g/mol. The molecule has 1 heterocycles. The number of hydrogen-bond donors (Lipinski definition) is 1. The maximum atomic E-state index is 11.9. The number of nitrogens with zero attached hydrogens (tertiary/aromatic N) is 3. The first kappa shape index (κ1) is 15.4. The van der Waals surface area contributed by atoms with Gasteiger partial charge in [0.05, 0.1) is 22.1 Å². The van der Waals surface area contributed by atoms with Gasteiger partial charge in [0.1, 0.15) is 0 Å². The summed E-state index contributed by atoms with van der Waals surface area (Å²) in [5, 5.41) is 13.2. The molecule has 8 nitrogen and oxygen atoms in total. The Hall–Kier alpha value is -2.00. The normalized spacial score (nSPS) is 11.3. The number of esters is 1. The van der Waals surface area contributed by atoms with Crippen molar-refractivity contribution in [3.8, 4) is 0 Å². The summed E-state index contributed by atoms with van der Waals surface area (Å²) in [6.07, 6.45) is 1.33. The highest BCUT2D eigenvalue weighted by molar-refractivity contribution is 7.90. The molecule has 1 aromatic carbocycles. The Morgan fingerprint density at radius 2 is 2.19 bits per heavy atom. The lowest BCUT2D eigenvalue weighted by atomic mass is 10.2. The van der Waals surface area contributed by atoms with Gasteiger partial charge in [-0.1, -0.05) is 16.8 Å². The molecule has 0 saturated carbocycles. The Morgan fingerprint density at radius 1 is 1.43 bits per heavy atom. The smallest absolute Gasteiger partial charge is 0.339 e. The quantitative estimate of drug-likeness (QED) is 0.800. The Labute approximate surface area is 125 Å². The van der Waals surface area contributed by atoms with Crippen LogP contribution in [0, 0.1) is 0 Å². The standard InChI is InChI=1S/C11H11ClN4O4S/c1-21(18,19)7-2-3-9(12)8(6-7)11(17)20-5-4-10-13-15-16-14-10/h2-3,6H,4-5H2,1H3,(H,13,14,15,16). The number of nitrogens with one attached hydrogen (secondary N) is 1. The summed E-state index contributed by atoms with van der Waals surface area (Å²) in [6.45, 7) is 0.0256. The minimum atomic E-state index is -3.43. The second-order valence-electron chi connectivity index (χ2n) is 4.13. The van der Waals surface area contributed by atoms with Crippen LogP contribution in [0.5, 0.6) is 0 Å². The zero-order valence-electron chi connectivity index (χ0n) is 10.9. The van der Waals surface area contributed by atoms with E-state index in [0.717, 1.165) is 6.26 Å². The number of H-pyrrole nitrogens is 1. The minimum absolute atomic E-state index is 0.00276. The Balaban J connectivity index is 2.08. The SMILES string of the molecule is CS(=O)(=O)c1ccc(Cl)c(C(=O)OCCc2nn[nH]n2)c1. The van der Waals surface area contributed by atoms with Gasteiger partial charge in [0, 0.05) is 12.7 Å². The maximum absolute atomic E-state index is 11.9. The van der Waals surface area contributed by atoms with E-state index < -0.39 is 15.8 Å². The van der Waals surface area contributed by atoms with E-state index in [4.69, 9.17) is 16.3 Å². The van der Waals surface area contributed by atoms with Crippen LogP contribution >= 0.6 is 11.6 Å². The summed E-state index contributed by atoms with van der Waals surface area (Å²) in [5.74, 6) is -0.312. The van der Waals surface area contributed by atoms with Crippen molar-refractivity contribution < 1.29 is 17.9 Å². The van der Waals surface area contributed by atoms with Gasteiger partial charge in [-0.3, -0.25) is 0 Å². The first-order chi connectivity index (χ1) is 9.88. The topological polar surface area (TPSA) is 115 Å². The number of benzene rings is 1. The molecule has 0 radical (unpaired) electrons. The van der Waals surface area contributed by atoms with Crippen molar-refractivity contribution in [3.63, 3.8) is 0 Å². The Kier molecular flexibility index (Phi) is 4.53. The summed E-state index contributed by atoms with van der Waals surface area (Å²) in [5.41, 5.74) is -0.00676. The number of carbonyl (C=O) groups is 1. The summed E-state index contributed by atoms with van der Waals surface area (Å²) in [4.78, 5) is 11.9. The van der Waals surface area contributed by atoms with Crippen molar-refractivity contribution in [3.05, 3.63) is 34.6 Å². The lowest BCUT2D eigenvalue weighted by molar-refractivity contribution is 0.0507. The third kappa shape index (κ3) is 3.99. The molecule has 10 heteroatoms. The second-order valence-corrected chi connectivity index (χ2v) is 6.55. The molecule has 1 N–H and O–H groups in total. The number of hydrogen-bond acceptors (Lipinski definition) is 7. The van der Waals surface area contributed by atoms with Gasteiger partial charge in [0.2, 0.25) is 0 Å². The van der Waals surface area contributed by atoms with Gasteiger partial charge in [0.25, 0.3) is 0 Å². The summed E-state index contributed by atoms with van der Waals surface area (Å²) < 4.78 is 27.9. The van der Waals surface area contributed by atoms with Crippen molar-refractivity contribution in [2.75, 3.05) is 12.9 Å². The first-order valence-electron chi connectivity index (χ1n) is 5.77. The molecule has 0 spiro atoms. The average Bonchev–Trinajstić information content (AvgIpc) is 2.91. The number of carbonyl (C=O) groups excluding carboxylic acids is 1.